The van der Waals surface area contributed by atoms with E-state index in [1.54, 1.807) is 6.92 Å². The quantitative estimate of drug-likeness (QED) is 0.468. The second-order valence-electron chi connectivity index (χ2n) is 15.1. The van der Waals surface area contributed by atoms with Crippen molar-refractivity contribution in [3.63, 3.8) is 0 Å². The lowest BCUT2D eigenvalue weighted by molar-refractivity contribution is -0.163. The summed E-state index contributed by atoms with van der Waals surface area (Å²) in [7, 11) is 0. The Balaban J connectivity index is 1.69. The van der Waals surface area contributed by atoms with Gasteiger partial charge in [0.1, 0.15) is 6.07 Å². The van der Waals surface area contributed by atoms with Crippen LogP contribution < -0.4 is 5.32 Å². The molecule has 0 aromatic carbocycles. The molecular formula is C32H44N2O3. The molecule has 5 heteroatoms. The van der Waals surface area contributed by atoms with Crippen LogP contribution in [0.25, 0.3) is 0 Å². The average Bonchev–Trinajstić information content (AvgIpc) is 2.78. The molecule has 3 fully saturated rings. The molecule has 0 radical (unpaired) electrons. The monoisotopic (exact) mass is 504 g/mol. The molecule has 5 aliphatic rings. The molecule has 0 heterocycles. The topological polar surface area (TPSA) is 87.0 Å². The molecule has 0 spiro atoms. The van der Waals surface area contributed by atoms with Crippen LogP contribution in [0.4, 0.5) is 0 Å². The predicted molar refractivity (Wildman–Crippen MR) is 143 cm³/mol. The van der Waals surface area contributed by atoms with E-state index in [-0.39, 0.29) is 62.6 Å². The Kier molecular flexibility index (Phi) is 5.47. The number of rotatable bonds is 1. The highest BCUT2D eigenvalue weighted by Gasteiger charge is 2.69. The van der Waals surface area contributed by atoms with E-state index in [4.69, 9.17) is 0 Å². The number of hydrogen-bond donors (Lipinski definition) is 1. The third-order valence-corrected chi connectivity index (χ3v) is 12.3. The molecule has 7 atom stereocenters. The number of carbonyl (C=O) groups excluding carboxylic acids is 3. The SMILES string of the molecule is CC(=O)N[C@]12CCC(C)(C)CC1C1C(=O)C=C3[C@@]4(C)C=C(C#N)C(=O)C(C)(C)[C@@H]4CC[C@@]3(C)[C@]1(C)CC2. The summed E-state index contributed by atoms with van der Waals surface area (Å²) in [6, 6.07) is 2.18. The largest absolute Gasteiger partial charge is 0.351 e. The number of Topliss-reactive ketones (excluding diaryl/α,β-unsaturated/α-hetero) is 1. The number of nitrogens with zero attached hydrogens (tertiary/aromatic N) is 1. The molecule has 1 amide bonds. The fraction of sp³-hybridized carbons (Fsp3) is 0.750. The minimum Gasteiger partial charge on any atom is -0.351 e. The smallest absolute Gasteiger partial charge is 0.217 e. The van der Waals surface area contributed by atoms with Gasteiger partial charge in [-0.1, -0.05) is 60.1 Å². The van der Waals surface area contributed by atoms with Gasteiger partial charge < -0.3 is 5.32 Å². The Hall–Kier alpha value is -2.22. The van der Waals surface area contributed by atoms with Crippen molar-refractivity contribution >= 4 is 17.5 Å². The van der Waals surface area contributed by atoms with Gasteiger partial charge in [-0.25, -0.2) is 0 Å². The van der Waals surface area contributed by atoms with Crippen molar-refractivity contribution in [3.8, 4) is 6.07 Å². The minimum absolute atomic E-state index is 0.00435. The third-order valence-electron chi connectivity index (χ3n) is 12.3. The van der Waals surface area contributed by atoms with Crippen LogP contribution in [0.5, 0.6) is 0 Å². The van der Waals surface area contributed by atoms with E-state index in [9.17, 15) is 19.6 Å². The van der Waals surface area contributed by atoms with Crippen LogP contribution in [0.2, 0.25) is 0 Å². The van der Waals surface area contributed by atoms with Crippen LogP contribution in [-0.2, 0) is 14.4 Å². The summed E-state index contributed by atoms with van der Waals surface area (Å²) in [4.78, 5) is 40.0. The van der Waals surface area contributed by atoms with Gasteiger partial charge in [0.05, 0.1) is 5.57 Å². The second kappa shape index (κ2) is 7.67. The van der Waals surface area contributed by atoms with E-state index in [2.05, 4.69) is 46.0 Å². The van der Waals surface area contributed by atoms with Crippen molar-refractivity contribution in [2.45, 2.75) is 106 Å². The molecule has 200 valence electrons. The van der Waals surface area contributed by atoms with E-state index >= 15 is 0 Å². The summed E-state index contributed by atoms with van der Waals surface area (Å²) in [5.74, 6) is 0.0916. The van der Waals surface area contributed by atoms with Crippen molar-refractivity contribution in [3.05, 3.63) is 23.3 Å². The lowest BCUT2D eigenvalue weighted by Crippen LogP contribution is -2.69. The number of ketones is 2. The fourth-order valence-electron chi connectivity index (χ4n) is 10.2. The highest BCUT2D eigenvalue weighted by molar-refractivity contribution is 6.04. The van der Waals surface area contributed by atoms with Crippen molar-refractivity contribution in [1.82, 2.24) is 5.32 Å². The zero-order valence-corrected chi connectivity index (χ0v) is 24.0. The first-order chi connectivity index (χ1) is 17.0. The molecule has 5 nitrogen and oxygen atoms in total. The van der Waals surface area contributed by atoms with Crippen molar-refractivity contribution in [2.75, 3.05) is 0 Å². The molecule has 0 bridgehead atoms. The van der Waals surface area contributed by atoms with Crippen LogP contribution in [0.1, 0.15) is 100 Å². The number of fused-ring (bicyclic) bond motifs is 7. The normalized spacial score (nSPS) is 45.6. The van der Waals surface area contributed by atoms with Gasteiger partial charge in [-0.3, -0.25) is 14.4 Å². The Labute approximate surface area is 222 Å². The van der Waals surface area contributed by atoms with Crippen LogP contribution in [0, 0.1) is 56.2 Å². The number of amides is 1. The number of carbonyl (C=O) groups is 3. The van der Waals surface area contributed by atoms with E-state index in [0.29, 0.717) is 0 Å². The van der Waals surface area contributed by atoms with Crippen molar-refractivity contribution < 1.29 is 14.4 Å². The second-order valence-corrected chi connectivity index (χ2v) is 15.1. The fourth-order valence-corrected chi connectivity index (χ4v) is 10.2. The third kappa shape index (κ3) is 3.29. The minimum atomic E-state index is -0.655. The molecule has 0 aromatic heterocycles. The zero-order valence-electron chi connectivity index (χ0n) is 24.0. The lowest BCUT2D eigenvalue weighted by atomic mass is 9.35. The Morgan fingerprint density at radius 2 is 1.65 bits per heavy atom. The molecule has 1 N–H and O–H groups in total. The first kappa shape index (κ1) is 26.4. The van der Waals surface area contributed by atoms with Gasteiger partial charge >= 0.3 is 0 Å². The van der Waals surface area contributed by atoms with Gasteiger partial charge in [-0.2, -0.15) is 5.26 Å². The lowest BCUT2D eigenvalue weighted by Gasteiger charge is -2.69. The summed E-state index contributed by atoms with van der Waals surface area (Å²) in [6.45, 7) is 17.0. The first-order valence-corrected chi connectivity index (χ1v) is 14.2. The summed E-state index contributed by atoms with van der Waals surface area (Å²) in [5, 5.41) is 13.2. The van der Waals surface area contributed by atoms with Gasteiger partial charge in [0.2, 0.25) is 5.91 Å². The molecule has 5 aliphatic carbocycles. The van der Waals surface area contributed by atoms with Crippen LogP contribution in [0.3, 0.4) is 0 Å². The highest BCUT2D eigenvalue weighted by atomic mass is 16.1. The number of nitriles is 1. The van der Waals surface area contributed by atoms with Gasteiger partial charge in [0.25, 0.3) is 0 Å². The Morgan fingerprint density at radius 1 is 1.00 bits per heavy atom. The Bertz CT molecular complexity index is 1200. The van der Waals surface area contributed by atoms with Gasteiger partial charge in [-0.15, -0.1) is 0 Å². The highest BCUT2D eigenvalue weighted by Crippen LogP contribution is 2.73. The molecule has 0 aliphatic heterocycles. The molecule has 0 aromatic rings. The standard InChI is InChI=1S/C32H44N2O3/c1-19(35)34-32-13-11-27(2,3)17-21(32)25-22(36)15-24-29(6)16-20(18-33)26(37)28(4,5)23(29)9-10-30(24,7)31(25,8)12-14-32/h15-16,21,23,25H,9-14,17H2,1-8H3,(H,34,35)/t21?,23-,25?,29-,30+,31+,32-/m0/s1. The van der Waals surface area contributed by atoms with E-state index < -0.39 is 10.8 Å². The van der Waals surface area contributed by atoms with E-state index in [0.717, 1.165) is 50.5 Å². The average molecular weight is 505 g/mol. The predicted octanol–water partition coefficient (Wildman–Crippen LogP) is 6.09. The van der Waals surface area contributed by atoms with Crippen LogP contribution in [0.15, 0.2) is 23.3 Å². The van der Waals surface area contributed by atoms with Crippen molar-refractivity contribution in [1.29, 1.82) is 5.26 Å². The summed E-state index contributed by atoms with van der Waals surface area (Å²) in [5.41, 5.74) is -0.501. The maximum atomic E-state index is 14.4. The summed E-state index contributed by atoms with van der Waals surface area (Å²) < 4.78 is 0. The van der Waals surface area contributed by atoms with Crippen LogP contribution in [-0.4, -0.2) is 23.0 Å². The maximum Gasteiger partial charge on any atom is 0.217 e. The Morgan fingerprint density at radius 3 is 2.27 bits per heavy atom. The summed E-state index contributed by atoms with van der Waals surface area (Å²) in [6.07, 6.45) is 10.3. The number of nitrogens with one attached hydrogen (secondary N) is 1. The molecule has 0 saturated heterocycles. The molecular weight excluding hydrogens is 460 g/mol. The van der Waals surface area contributed by atoms with Gasteiger partial charge in [0.15, 0.2) is 11.6 Å². The molecule has 2 unspecified atom stereocenters. The molecule has 5 rings (SSSR count). The maximum absolute atomic E-state index is 14.4. The number of hydrogen-bond acceptors (Lipinski definition) is 4. The van der Waals surface area contributed by atoms with E-state index in [1.165, 1.54) is 0 Å². The molecule has 3 saturated carbocycles. The molecule has 37 heavy (non-hydrogen) atoms. The van der Waals surface area contributed by atoms with Crippen LogP contribution >= 0.6 is 0 Å². The first-order valence-electron chi connectivity index (χ1n) is 14.2. The number of allylic oxidation sites excluding steroid dienone is 4. The van der Waals surface area contributed by atoms with Gasteiger partial charge in [0, 0.05) is 29.2 Å². The summed E-state index contributed by atoms with van der Waals surface area (Å²) >= 11 is 0. The van der Waals surface area contributed by atoms with Crippen molar-refractivity contribution in [2.24, 2.45) is 44.8 Å². The zero-order chi connectivity index (χ0) is 27.4. The van der Waals surface area contributed by atoms with E-state index in [1.807, 2.05) is 26.0 Å². The van der Waals surface area contributed by atoms with Gasteiger partial charge in [-0.05, 0) is 79.1 Å².